The third kappa shape index (κ3) is 2.80. The Hall–Kier alpha value is -1.35. The van der Waals surface area contributed by atoms with Gasteiger partial charge in [-0.1, -0.05) is 11.6 Å². The van der Waals surface area contributed by atoms with E-state index in [9.17, 15) is 0 Å². The minimum absolute atomic E-state index is 0.348. The molecular weight excluding hydrogens is 212 g/mol. The molecule has 0 aliphatic carbocycles. The van der Waals surface area contributed by atoms with E-state index in [2.05, 4.69) is 5.32 Å². The Bertz CT molecular complexity index is 361. The van der Waals surface area contributed by atoms with Crippen molar-refractivity contribution in [2.45, 2.75) is 0 Å². The molecule has 1 aliphatic heterocycles. The van der Waals surface area contributed by atoms with Gasteiger partial charge in [-0.05, 0) is 30.3 Å². The molecule has 3 N–H and O–H groups in total. The molecule has 1 aromatic rings. The predicted octanol–water partition coefficient (Wildman–Crippen LogP) is 1.74. The number of benzene rings is 1. The minimum Gasteiger partial charge on any atom is -0.493 e. The van der Waals surface area contributed by atoms with Gasteiger partial charge < -0.3 is 15.8 Å². The molecule has 1 atom stereocenters. The van der Waals surface area contributed by atoms with E-state index in [0.29, 0.717) is 17.5 Å². The van der Waals surface area contributed by atoms with Crippen LogP contribution in [-0.4, -0.2) is 13.2 Å². The molecule has 0 fully saturated rings. The fraction of sp³-hybridized carbons (Fsp3) is 0.273. The van der Waals surface area contributed by atoms with E-state index in [-0.39, 0.29) is 0 Å². The Morgan fingerprint density at radius 2 is 2.13 bits per heavy atom. The zero-order chi connectivity index (χ0) is 10.7. The van der Waals surface area contributed by atoms with Crippen molar-refractivity contribution in [2.75, 3.05) is 13.2 Å². The minimum atomic E-state index is 0.348. The average Bonchev–Trinajstić information content (AvgIpc) is 2.64. The number of ether oxygens (including phenoxy) is 1. The van der Waals surface area contributed by atoms with Gasteiger partial charge in [0.15, 0.2) is 0 Å². The van der Waals surface area contributed by atoms with Crippen molar-refractivity contribution in [2.24, 2.45) is 11.7 Å². The first-order valence-corrected chi connectivity index (χ1v) is 5.21. The van der Waals surface area contributed by atoms with Gasteiger partial charge >= 0.3 is 0 Å². The Labute approximate surface area is 93.9 Å². The van der Waals surface area contributed by atoms with E-state index >= 15 is 0 Å². The summed E-state index contributed by atoms with van der Waals surface area (Å²) in [5.41, 5.74) is 5.59. The number of hydrogen-bond acceptors (Lipinski definition) is 3. The molecule has 0 saturated carbocycles. The molecule has 1 heterocycles. The van der Waals surface area contributed by atoms with E-state index in [0.717, 1.165) is 18.1 Å². The lowest BCUT2D eigenvalue weighted by atomic mass is 10.2. The normalized spacial score (nSPS) is 19.5. The molecule has 0 unspecified atom stereocenters. The van der Waals surface area contributed by atoms with Crippen molar-refractivity contribution >= 4 is 11.6 Å². The topological polar surface area (TPSA) is 47.3 Å². The standard InChI is InChI=1S/C11H13ClN2O/c12-9-1-3-10(4-2-9)15-7-8-5-11(13)14-6-8/h1-5,8,14H,6-7,13H2/t8-/m0/s1. The van der Waals surface area contributed by atoms with Crippen molar-refractivity contribution in [1.82, 2.24) is 5.32 Å². The van der Waals surface area contributed by atoms with Crippen LogP contribution in [-0.2, 0) is 0 Å². The number of halogens is 1. The molecule has 4 heteroatoms. The van der Waals surface area contributed by atoms with Gasteiger partial charge in [-0.15, -0.1) is 0 Å². The summed E-state index contributed by atoms with van der Waals surface area (Å²) in [6.07, 6.45) is 1.98. The highest BCUT2D eigenvalue weighted by molar-refractivity contribution is 6.30. The van der Waals surface area contributed by atoms with E-state index in [1.54, 1.807) is 0 Å². The smallest absolute Gasteiger partial charge is 0.119 e. The third-order valence-electron chi connectivity index (χ3n) is 2.26. The van der Waals surface area contributed by atoms with Crippen LogP contribution in [0.1, 0.15) is 0 Å². The van der Waals surface area contributed by atoms with Crippen molar-refractivity contribution in [3.05, 3.63) is 41.2 Å². The molecule has 0 aromatic heterocycles. The Kier molecular flexibility index (Phi) is 3.02. The van der Waals surface area contributed by atoms with Crippen LogP contribution in [0.5, 0.6) is 5.75 Å². The summed E-state index contributed by atoms with van der Waals surface area (Å²) in [5.74, 6) is 1.92. The molecule has 15 heavy (non-hydrogen) atoms. The van der Waals surface area contributed by atoms with Gasteiger partial charge in [0.25, 0.3) is 0 Å². The average molecular weight is 225 g/mol. The predicted molar refractivity (Wildman–Crippen MR) is 60.7 cm³/mol. The summed E-state index contributed by atoms with van der Waals surface area (Å²) in [4.78, 5) is 0. The molecule has 80 valence electrons. The van der Waals surface area contributed by atoms with Crippen LogP contribution in [0.2, 0.25) is 5.02 Å². The maximum atomic E-state index is 5.77. The van der Waals surface area contributed by atoms with Gasteiger partial charge in [0.2, 0.25) is 0 Å². The molecule has 0 bridgehead atoms. The van der Waals surface area contributed by atoms with E-state index in [4.69, 9.17) is 22.1 Å². The number of rotatable bonds is 3. The molecular formula is C11H13ClN2O. The second-order valence-electron chi connectivity index (χ2n) is 3.53. The highest BCUT2D eigenvalue weighted by atomic mass is 35.5. The van der Waals surface area contributed by atoms with E-state index < -0.39 is 0 Å². The highest BCUT2D eigenvalue weighted by Gasteiger charge is 2.13. The summed E-state index contributed by atoms with van der Waals surface area (Å²) >= 11 is 5.77. The molecule has 1 aromatic carbocycles. The Morgan fingerprint density at radius 3 is 2.73 bits per heavy atom. The Morgan fingerprint density at radius 1 is 1.40 bits per heavy atom. The largest absolute Gasteiger partial charge is 0.493 e. The number of nitrogens with one attached hydrogen (secondary N) is 1. The molecule has 2 rings (SSSR count). The summed E-state index contributed by atoms with van der Waals surface area (Å²) in [5, 5.41) is 3.77. The second kappa shape index (κ2) is 4.45. The first kappa shape index (κ1) is 10.2. The van der Waals surface area contributed by atoms with Gasteiger partial charge in [0.1, 0.15) is 5.75 Å². The van der Waals surface area contributed by atoms with Crippen LogP contribution in [0, 0.1) is 5.92 Å². The first-order chi connectivity index (χ1) is 7.24. The van der Waals surface area contributed by atoms with Gasteiger partial charge in [0.05, 0.1) is 12.4 Å². The summed E-state index contributed by atoms with van der Waals surface area (Å²) in [6.45, 7) is 1.48. The van der Waals surface area contributed by atoms with Gasteiger partial charge in [0, 0.05) is 17.5 Å². The quantitative estimate of drug-likeness (QED) is 0.822. The van der Waals surface area contributed by atoms with Gasteiger partial charge in [-0.3, -0.25) is 0 Å². The van der Waals surface area contributed by atoms with Crippen LogP contribution in [0.3, 0.4) is 0 Å². The molecule has 0 radical (unpaired) electrons. The SMILES string of the molecule is NC1=C[C@H](COc2ccc(Cl)cc2)CN1. The van der Waals surface area contributed by atoms with E-state index in [1.165, 1.54) is 0 Å². The highest BCUT2D eigenvalue weighted by Crippen LogP contribution is 2.17. The van der Waals surface area contributed by atoms with Crippen molar-refractivity contribution in [3.8, 4) is 5.75 Å². The fourth-order valence-electron chi connectivity index (χ4n) is 1.46. The molecule has 1 aliphatic rings. The summed E-state index contributed by atoms with van der Waals surface area (Å²) in [7, 11) is 0. The van der Waals surface area contributed by atoms with Crippen LogP contribution >= 0.6 is 11.6 Å². The van der Waals surface area contributed by atoms with Crippen LogP contribution in [0.15, 0.2) is 36.2 Å². The van der Waals surface area contributed by atoms with E-state index in [1.807, 2.05) is 30.3 Å². The number of nitrogens with two attached hydrogens (primary N) is 1. The lowest BCUT2D eigenvalue weighted by molar-refractivity contribution is 0.280. The first-order valence-electron chi connectivity index (χ1n) is 4.83. The lowest BCUT2D eigenvalue weighted by Gasteiger charge is -2.09. The van der Waals surface area contributed by atoms with Crippen LogP contribution in [0.25, 0.3) is 0 Å². The van der Waals surface area contributed by atoms with Crippen molar-refractivity contribution in [3.63, 3.8) is 0 Å². The Balaban J connectivity index is 1.86. The zero-order valence-electron chi connectivity index (χ0n) is 8.24. The molecule has 3 nitrogen and oxygen atoms in total. The van der Waals surface area contributed by atoms with Gasteiger partial charge in [-0.25, -0.2) is 0 Å². The third-order valence-corrected chi connectivity index (χ3v) is 2.51. The molecule has 0 saturated heterocycles. The summed E-state index contributed by atoms with van der Waals surface area (Å²) in [6, 6.07) is 7.34. The van der Waals surface area contributed by atoms with Crippen molar-refractivity contribution in [1.29, 1.82) is 0 Å². The van der Waals surface area contributed by atoms with Gasteiger partial charge in [-0.2, -0.15) is 0 Å². The molecule has 0 amide bonds. The monoisotopic (exact) mass is 224 g/mol. The van der Waals surface area contributed by atoms with Crippen LogP contribution < -0.4 is 15.8 Å². The maximum absolute atomic E-state index is 5.77. The van der Waals surface area contributed by atoms with Crippen LogP contribution in [0.4, 0.5) is 0 Å². The molecule has 0 spiro atoms. The summed E-state index contributed by atoms with van der Waals surface area (Å²) < 4.78 is 5.59. The fourth-order valence-corrected chi connectivity index (χ4v) is 1.59. The van der Waals surface area contributed by atoms with Crippen molar-refractivity contribution < 1.29 is 4.74 Å². The lowest BCUT2D eigenvalue weighted by Crippen LogP contribution is -2.19. The maximum Gasteiger partial charge on any atom is 0.119 e. The zero-order valence-corrected chi connectivity index (χ0v) is 9.00. The number of hydrogen-bond donors (Lipinski definition) is 2. The second-order valence-corrected chi connectivity index (χ2v) is 3.96.